The molecule has 12 heavy (non-hydrogen) atoms. The van der Waals surface area contributed by atoms with Crippen molar-refractivity contribution < 1.29 is 10.0 Å². The van der Waals surface area contributed by atoms with Crippen LogP contribution < -0.4 is 16.5 Å². The molecule has 0 aromatic heterocycles. The zero-order valence-electron chi connectivity index (χ0n) is 7.00. The molecule has 0 aliphatic heterocycles. The molecule has 0 aromatic carbocycles. The maximum Gasteiger partial charge on any atom is 0.221 e. The van der Waals surface area contributed by atoms with Crippen molar-refractivity contribution in [1.82, 2.24) is 10.8 Å². The van der Waals surface area contributed by atoms with E-state index >= 15 is 0 Å². The summed E-state index contributed by atoms with van der Waals surface area (Å²) in [6, 6.07) is 0. The van der Waals surface area contributed by atoms with E-state index < -0.39 is 0 Å². The second-order valence-electron chi connectivity index (χ2n) is 2.08. The fourth-order valence-electron chi connectivity index (χ4n) is 0.599. The molecule has 0 aliphatic rings. The Morgan fingerprint density at radius 2 is 2.33 bits per heavy atom. The molecule has 0 spiro atoms. The molecule has 6 heteroatoms. The molecule has 0 saturated carbocycles. The van der Waals surface area contributed by atoms with Gasteiger partial charge in [-0.3, -0.25) is 15.0 Å². The van der Waals surface area contributed by atoms with Crippen molar-refractivity contribution in [3.63, 3.8) is 0 Å². The number of rotatable bonds is 4. The predicted octanol–water partition coefficient (Wildman–Crippen LogP) is -1.19. The third-order valence-corrected chi connectivity index (χ3v) is 1.11. The first-order valence-corrected chi connectivity index (χ1v) is 3.67. The van der Waals surface area contributed by atoms with Crippen molar-refractivity contribution in [2.24, 2.45) is 10.7 Å². The van der Waals surface area contributed by atoms with Gasteiger partial charge in [0.05, 0.1) is 6.54 Å². The van der Waals surface area contributed by atoms with Crippen LogP contribution in [0.25, 0.3) is 0 Å². The van der Waals surface area contributed by atoms with Crippen LogP contribution in [0.2, 0.25) is 0 Å². The molecule has 0 fully saturated rings. The fourth-order valence-corrected chi connectivity index (χ4v) is 0.599. The molecule has 0 rings (SSSR count). The molecule has 0 atom stereocenters. The largest absolute Gasteiger partial charge is 0.368 e. The quantitative estimate of drug-likeness (QED) is 0.244. The average molecular weight is 174 g/mol. The van der Waals surface area contributed by atoms with Gasteiger partial charge in [-0.2, -0.15) is 0 Å². The van der Waals surface area contributed by atoms with E-state index in [-0.39, 0.29) is 24.8 Å². The summed E-state index contributed by atoms with van der Waals surface area (Å²) in [5, 5.41) is 10.8. The molecule has 0 bridgehead atoms. The summed E-state index contributed by atoms with van der Waals surface area (Å²) in [6.07, 6.45) is 0.274. The minimum atomic E-state index is -0.0840. The number of nitrogens with two attached hydrogens (primary N) is 1. The van der Waals surface area contributed by atoms with Gasteiger partial charge in [-0.05, 0) is 6.92 Å². The number of carbonyl (C=O) groups is 1. The number of hydrogen-bond acceptors (Lipinski definition) is 3. The van der Waals surface area contributed by atoms with Gasteiger partial charge in [0.25, 0.3) is 0 Å². The second kappa shape index (κ2) is 6.41. The summed E-state index contributed by atoms with van der Waals surface area (Å²) in [5.41, 5.74) is 6.76. The topological polar surface area (TPSA) is 99.7 Å². The summed E-state index contributed by atoms with van der Waals surface area (Å²) < 4.78 is 0. The second-order valence-corrected chi connectivity index (χ2v) is 2.08. The van der Waals surface area contributed by atoms with Crippen molar-refractivity contribution in [3.05, 3.63) is 0 Å². The molecule has 0 unspecified atom stereocenters. The lowest BCUT2D eigenvalue weighted by atomic mass is 10.4. The summed E-state index contributed by atoms with van der Waals surface area (Å²) in [4.78, 5) is 14.4. The Balaban J connectivity index is 3.48. The number of amides is 1. The molecule has 5 N–H and O–H groups in total. The van der Waals surface area contributed by atoms with E-state index in [0.717, 1.165) is 0 Å². The first-order chi connectivity index (χ1) is 5.70. The maximum atomic E-state index is 10.8. The minimum absolute atomic E-state index is 0.0769. The highest BCUT2D eigenvalue weighted by Crippen LogP contribution is 1.80. The van der Waals surface area contributed by atoms with Gasteiger partial charge in [0, 0.05) is 13.0 Å². The number of nitrogens with one attached hydrogen (secondary N) is 2. The van der Waals surface area contributed by atoms with Crippen LogP contribution in [0.3, 0.4) is 0 Å². The van der Waals surface area contributed by atoms with E-state index in [9.17, 15) is 4.79 Å². The van der Waals surface area contributed by atoms with Crippen LogP contribution in [-0.2, 0) is 4.79 Å². The number of aliphatic imine (C=N–C) groups is 1. The van der Waals surface area contributed by atoms with Crippen LogP contribution in [0.5, 0.6) is 0 Å². The Morgan fingerprint density at radius 3 is 2.83 bits per heavy atom. The maximum absolute atomic E-state index is 10.8. The molecular weight excluding hydrogens is 160 g/mol. The zero-order valence-corrected chi connectivity index (χ0v) is 7.00. The van der Waals surface area contributed by atoms with Crippen LogP contribution in [0, 0.1) is 0 Å². The molecule has 0 aliphatic carbocycles. The molecule has 6 nitrogen and oxygen atoms in total. The predicted molar refractivity (Wildman–Crippen MR) is 44.7 cm³/mol. The van der Waals surface area contributed by atoms with Crippen LogP contribution in [-0.4, -0.2) is 30.2 Å². The van der Waals surface area contributed by atoms with E-state index in [2.05, 4.69) is 10.3 Å². The normalized spacial score (nSPS) is 11.0. The molecule has 0 heterocycles. The van der Waals surface area contributed by atoms with Crippen molar-refractivity contribution in [3.8, 4) is 0 Å². The highest BCUT2D eigenvalue weighted by Gasteiger charge is 1.96. The number of carbonyl (C=O) groups excluding carboxylic acids is 1. The Morgan fingerprint density at radius 1 is 1.67 bits per heavy atom. The molecule has 1 amide bonds. The smallest absolute Gasteiger partial charge is 0.221 e. The summed E-state index contributed by atoms with van der Waals surface area (Å²) in [7, 11) is 0. The SMILES string of the molecule is CCNC(=O)CCN=C(N)NO. The van der Waals surface area contributed by atoms with Gasteiger partial charge in [-0.1, -0.05) is 0 Å². The van der Waals surface area contributed by atoms with Crippen molar-refractivity contribution in [1.29, 1.82) is 0 Å². The van der Waals surface area contributed by atoms with E-state index in [4.69, 9.17) is 10.9 Å². The monoisotopic (exact) mass is 174 g/mol. The number of guanidine groups is 1. The lowest BCUT2D eigenvalue weighted by molar-refractivity contribution is -0.120. The third kappa shape index (κ3) is 5.48. The summed E-state index contributed by atoms with van der Waals surface area (Å²) in [6.45, 7) is 2.71. The van der Waals surface area contributed by atoms with Crippen LogP contribution in [0.1, 0.15) is 13.3 Å². The van der Waals surface area contributed by atoms with Gasteiger partial charge in [0.15, 0.2) is 0 Å². The summed E-state index contributed by atoms with van der Waals surface area (Å²) in [5.74, 6) is -0.161. The van der Waals surface area contributed by atoms with E-state index in [0.29, 0.717) is 6.54 Å². The van der Waals surface area contributed by atoms with Crippen LogP contribution in [0.4, 0.5) is 0 Å². The van der Waals surface area contributed by atoms with Gasteiger partial charge >= 0.3 is 0 Å². The van der Waals surface area contributed by atoms with Crippen molar-refractivity contribution in [2.45, 2.75) is 13.3 Å². The Bertz CT molecular complexity index is 169. The molecular formula is C6H14N4O2. The van der Waals surface area contributed by atoms with Gasteiger partial charge < -0.3 is 11.1 Å². The zero-order chi connectivity index (χ0) is 9.40. The number of nitrogens with zero attached hydrogens (tertiary/aromatic N) is 1. The summed E-state index contributed by atoms with van der Waals surface area (Å²) >= 11 is 0. The molecule has 70 valence electrons. The lowest BCUT2D eigenvalue weighted by Crippen LogP contribution is -2.29. The van der Waals surface area contributed by atoms with Crippen LogP contribution >= 0.6 is 0 Å². The first kappa shape index (κ1) is 10.7. The minimum Gasteiger partial charge on any atom is -0.368 e. The lowest BCUT2D eigenvalue weighted by Gasteiger charge is -1.99. The van der Waals surface area contributed by atoms with E-state index in [1.165, 1.54) is 0 Å². The van der Waals surface area contributed by atoms with Gasteiger partial charge in [-0.15, -0.1) is 0 Å². The standard InChI is InChI=1S/C6H14N4O2/c1-2-8-5(11)3-4-9-6(7)10-12/h12H,2-4H2,1H3,(H,8,11)(H3,7,9,10). The average Bonchev–Trinajstić information content (AvgIpc) is 2.04. The molecule has 0 radical (unpaired) electrons. The Labute approximate surface area is 70.8 Å². The number of hydrogen-bond donors (Lipinski definition) is 4. The highest BCUT2D eigenvalue weighted by atomic mass is 16.5. The van der Waals surface area contributed by atoms with Gasteiger partial charge in [0.1, 0.15) is 0 Å². The third-order valence-electron chi connectivity index (χ3n) is 1.11. The highest BCUT2D eigenvalue weighted by molar-refractivity contribution is 5.78. The van der Waals surface area contributed by atoms with Crippen LogP contribution in [0.15, 0.2) is 4.99 Å². The van der Waals surface area contributed by atoms with Gasteiger partial charge in [-0.25, -0.2) is 5.48 Å². The Hall–Kier alpha value is -1.30. The Kier molecular flexibility index (Phi) is 5.72. The van der Waals surface area contributed by atoms with E-state index in [1.54, 1.807) is 5.48 Å². The molecule has 0 aromatic rings. The first-order valence-electron chi connectivity index (χ1n) is 3.67. The van der Waals surface area contributed by atoms with Gasteiger partial charge in [0.2, 0.25) is 11.9 Å². The van der Waals surface area contributed by atoms with Crippen molar-refractivity contribution >= 4 is 11.9 Å². The molecule has 0 saturated heterocycles. The van der Waals surface area contributed by atoms with Crippen molar-refractivity contribution in [2.75, 3.05) is 13.1 Å². The fraction of sp³-hybridized carbons (Fsp3) is 0.667. The van der Waals surface area contributed by atoms with E-state index in [1.807, 2.05) is 6.92 Å². The number of hydroxylamine groups is 1.